The Bertz CT molecular complexity index is 199. The Balaban J connectivity index is 0.000000379. The minimum Gasteiger partial charge on any atom is -0.384 e. The van der Waals surface area contributed by atoms with E-state index in [9.17, 15) is 0 Å². The molecule has 0 bridgehead atoms. The van der Waals surface area contributed by atoms with Gasteiger partial charge in [-0.25, -0.2) is 0 Å². The smallest absolute Gasteiger partial charge is 0.0370 e. The van der Waals surface area contributed by atoms with Crippen molar-refractivity contribution >= 4 is 0 Å². The summed E-state index contributed by atoms with van der Waals surface area (Å²) in [6, 6.07) is 0. The number of rotatable bonds is 0. The summed E-state index contributed by atoms with van der Waals surface area (Å²) in [5, 5.41) is 3.34. The Morgan fingerprint density at radius 2 is 1.64 bits per heavy atom. The zero-order chi connectivity index (χ0) is 10.8. The molecule has 0 unspecified atom stereocenters. The van der Waals surface area contributed by atoms with E-state index in [0.29, 0.717) is 0 Å². The second-order valence-electron chi connectivity index (χ2n) is 2.66. The second-order valence-corrected chi connectivity index (χ2v) is 2.66. The molecule has 1 heteroatoms. The summed E-state index contributed by atoms with van der Waals surface area (Å²) < 4.78 is 0. The van der Waals surface area contributed by atoms with E-state index >= 15 is 0 Å². The molecule has 0 spiro atoms. The summed E-state index contributed by atoms with van der Waals surface area (Å²) in [6.07, 6.45) is 11.1. The van der Waals surface area contributed by atoms with Gasteiger partial charge in [-0.2, -0.15) is 0 Å². The van der Waals surface area contributed by atoms with E-state index in [-0.39, 0.29) is 0 Å². The first-order valence-corrected chi connectivity index (χ1v) is 5.77. The fourth-order valence-electron chi connectivity index (χ4n) is 1.39. The van der Waals surface area contributed by atoms with E-state index in [1.54, 1.807) is 0 Å². The van der Waals surface area contributed by atoms with Crippen LogP contribution in [0, 0.1) is 0 Å². The Labute approximate surface area is 88.6 Å². The van der Waals surface area contributed by atoms with Gasteiger partial charge in [-0.1, -0.05) is 45.9 Å². The van der Waals surface area contributed by atoms with Gasteiger partial charge in [0.2, 0.25) is 0 Å². The molecule has 0 aromatic rings. The van der Waals surface area contributed by atoms with Gasteiger partial charge < -0.3 is 5.32 Å². The van der Waals surface area contributed by atoms with Gasteiger partial charge in [0.15, 0.2) is 0 Å². The third kappa shape index (κ3) is 3.82. The van der Waals surface area contributed by atoms with Gasteiger partial charge in [0.25, 0.3) is 0 Å². The zero-order valence-electron chi connectivity index (χ0n) is 9.93. The molecule has 0 radical (unpaired) electrons. The molecule has 14 heavy (non-hydrogen) atoms. The van der Waals surface area contributed by atoms with Crippen LogP contribution < -0.4 is 5.32 Å². The summed E-state index contributed by atoms with van der Waals surface area (Å²) >= 11 is 0. The first kappa shape index (κ1) is 13.0. The van der Waals surface area contributed by atoms with Crippen LogP contribution in [0.2, 0.25) is 0 Å². The molecule has 0 fully saturated rings. The fraction of sp³-hybridized carbons (Fsp3) is 0.538. The lowest BCUT2D eigenvalue weighted by Gasteiger charge is -1.94. The van der Waals surface area contributed by atoms with Gasteiger partial charge in [0.1, 0.15) is 0 Å². The molecule has 0 aromatic carbocycles. The monoisotopic (exact) mass is 193 g/mol. The van der Waals surface area contributed by atoms with Gasteiger partial charge in [-0.15, -0.1) is 0 Å². The average molecular weight is 193 g/mol. The highest BCUT2D eigenvalue weighted by Crippen LogP contribution is 2.18. The minimum atomic E-state index is 1.08. The Kier molecular flexibility index (Phi) is 8.01. The predicted molar refractivity (Wildman–Crippen MR) is 65.2 cm³/mol. The number of allylic oxidation sites excluding steroid dienone is 4. The molecule has 0 amide bonds. The highest BCUT2D eigenvalue weighted by molar-refractivity contribution is 5.37. The van der Waals surface area contributed by atoms with Gasteiger partial charge in [0, 0.05) is 12.2 Å². The molecule has 2 aliphatic rings. The van der Waals surface area contributed by atoms with Crippen LogP contribution in [0.25, 0.3) is 0 Å². The third-order valence-corrected chi connectivity index (χ3v) is 1.93. The molecule has 80 valence electrons. The molecular weight excluding hydrogens is 170 g/mol. The van der Waals surface area contributed by atoms with Crippen molar-refractivity contribution in [2.45, 2.75) is 40.5 Å². The fourth-order valence-corrected chi connectivity index (χ4v) is 1.39. The largest absolute Gasteiger partial charge is 0.384 e. The molecule has 0 saturated heterocycles. The molecule has 0 saturated carbocycles. The topological polar surface area (TPSA) is 12.0 Å². The van der Waals surface area contributed by atoms with Crippen molar-refractivity contribution in [3.63, 3.8) is 0 Å². The van der Waals surface area contributed by atoms with Gasteiger partial charge in [-0.05, 0) is 24.5 Å². The van der Waals surface area contributed by atoms with Crippen molar-refractivity contribution in [1.82, 2.24) is 5.32 Å². The SMILES string of the molecule is C1=CC2=C(C=CC1)NCC2.CC.CC. The summed E-state index contributed by atoms with van der Waals surface area (Å²) in [4.78, 5) is 0. The number of nitrogens with one attached hydrogen (secondary N) is 1. The first-order chi connectivity index (χ1) is 6.97. The maximum Gasteiger partial charge on any atom is 0.0370 e. The number of hydrogen-bond donors (Lipinski definition) is 1. The molecule has 1 nitrogen and oxygen atoms in total. The molecule has 0 aromatic heterocycles. The van der Waals surface area contributed by atoms with Crippen molar-refractivity contribution in [1.29, 1.82) is 0 Å². The van der Waals surface area contributed by atoms with Crippen LogP contribution in [0.1, 0.15) is 40.5 Å². The van der Waals surface area contributed by atoms with Crippen molar-refractivity contribution in [3.8, 4) is 0 Å². The van der Waals surface area contributed by atoms with Gasteiger partial charge in [0.05, 0.1) is 0 Å². The van der Waals surface area contributed by atoms with Crippen LogP contribution in [0.15, 0.2) is 35.6 Å². The van der Waals surface area contributed by atoms with Crippen LogP contribution in [-0.2, 0) is 0 Å². The van der Waals surface area contributed by atoms with E-state index in [4.69, 9.17) is 0 Å². The lowest BCUT2D eigenvalue weighted by molar-refractivity contribution is 0.887. The molecule has 1 aliphatic carbocycles. The standard InChI is InChI=1S/C9H11N.2C2H6/c1-2-4-8-6-7-10-9(8)5-3-1;2*1-2/h2-5,10H,1,6-7H2;2*1-2H3. The summed E-state index contributed by atoms with van der Waals surface area (Å²) in [7, 11) is 0. The average Bonchev–Trinajstić information content (AvgIpc) is 2.61. The molecule has 1 N–H and O–H groups in total. The van der Waals surface area contributed by atoms with E-state index in [1.807, 2.05) is 27.7 Å². The van der Waals surface area contributed by atoms with Gasteiger partial charge in [-0.3, -0.25) is 0 Å². The highest BCUT2D eigenvalue weighted by atomic mass is 14.9. The van der Waals surface area contributed by atoms with E-state index in [2.05, 4.69) is 29.6 Å². The molecule has 0 atom stereocenters. The molecule has 1 heterocycles. The summed E-state index contributed by atoms with van der Waals surface area (Å²) in [5.74, 6) is 0. The van der Waals surface area contributed by atoms with Crippen molar-refractivity contribution in [3.05, 3.63) is 35.6 Å². The maximum absolute atomic E-state index is 3.34. The lowest BCUT2D eigenvalue weighted by atomic mass is 10.2. The molecular formula is C13H23N. The van der Waals surface area contributed by atoms with Gasteiger partial charge >= 0.3 is 0 Å². The third-order valence-electron chi connectivity index (χ3n) is 1.93. The Morgan fingerprint density at radius 3 is 2.36 bits per heavy atom. The van der Waals surface area contributed by atoms with Crippen molar-refractivity contribution in [2.75, 3.05) is 6.54 Å². The summed E-state index contributed by atoms with van der Waals surface area (Å²) in [6.45, 7) is 9.11. The quantitative estimate of drug-likeness (QED) is 0.617. The van der Waals surface area contributed by atoms with Crippen LogP contribution in [-0.4, -0.2) is 6.54 Å². The Hall–Kier alpha value is -0.980. The van der Waals surface area contributed by atoms with Crippen molar-refractivity contribution in [2.24, 2.45) is 0 Å². The maximum atomic E-state index is 3.34. The molecule has 1 aliphatic heterocycles. The van der Waals surface area contributed by atoms with E-state index in [0.717, 1.165) is 13.0 Å². The molecule has 2 rings (SSSR count). The normalized spacial score (nSPS) is 16.9. The van der Waals surface area contributed by atoms with Crippen LogP contribution in [0.4, 0.5) is 0 Å². The first-order valence-electron chi connectivity index (χ1n) is 5.77. The predicted octanol–water partition coefficient (Wildman–Crippen LogP) is 3.80. The summed E-state index contributed by atoms with van der Waals surface area (Å²) in [5.41, 5.74) is 2.79. The van der Waals surface area contributed by atoms with E-state index in [1.165, 1.54) is 17.7 Å². The second kappa shape index (κ2) is 8.61. The zero-order valence-corrected chi connectivity index (χ0v) is 9.93. The van der Waals surface area contributed by atoms with Crippen LogP contribution >= 0.6 is 0 Å². The van der Waals surface area contributed by atoms with Crippen molar-refractivity contribution < 1.29 is 0 Å². The van der Waals surface area contributed by atoms with Crippen LogP contribution in [0.3, 0.4) is 0 Å². The number of hydrogen-bond acceptors (Lipinski definition) is 1. The minimum absolute atomic E-state index is 1.08. The Morgan fingerprint density at radius 1 is 1.00 bits per heavy atom. The van der Waals surface area contributed by atoms with E-state index < -0.39 is 0 Å². The van der Waals surface area contributed by atoms with Crippen LogP contribution in [0.5, 0.6) is 0 Å². The lowest BCUT2D eigenvalue weighted by Crippen LogP contribution is -2.04. The highest BCUT2D eigenvalue weighted by Gasteiger charge is 2.08.